The van der Waals surface area contributed by atoms with E-state index in [1.54, 1.807) is 26.0 Å². The van der Waals surface area contributed by atoms with Gasteiger partial charge in [0.15, 0.2) is 0 Å². The van der Waals surface area contributed by atoms with E-state index in [0.717, 1.165) is 10.9 Å². The van der Waals surface area contributed by atoms with Crippen molar-refractivity contribution in [2.75, 3.05) is 5.32 Å². The first kappa shape index (κ1) is 16.7. The molecule has 110 valence electrons. The monoisotopic (exact) mass is 340 g/mol. The Morgan fingerprint density at radius 1 is 1.30 bits per heavy atom. The predicted octanol–water partition coefficient (Wildman–Crippen LogP) is 3.33. The molecule has 0 aliphatic heterocycles. The predicted molar refractivity (Wildman–Crippen MR) is 84.4 cm³/mol. The summed E-state index contributed by atoms with van der Waals surface area (Å²) < 4.78 is 0.872. The Kier molecular flexibility index (Phi) is 5.74. The van der Waals surface area contributed by atoms with Gasteiger partial charge >= 0.3 is 0 Å². The number of anilines is 1. The molecule has 0 saturated carbocycles. The molecule has 1 unspecified atom stereocenters. The van der Waals surface area contributed by atoms with E-state index in [-0.39, 0.29) is 17.9 Å². The number of hydrogen-bond donors (Lipinski definition) is 2. The first-order chi connectivity index (χ1) is 9.27. The maximum Gasteiger partial charge on any atom is 0.239 e. The fourth-order valence-corrected chi connectivity index (χ4v) is 1.86. The molecule has 0 aliphatic rings. The molecule has 1 aromatic rings. The van der Waals surface area contributed by atoms with E-state index >= 15 is 0 Å². The van der Waals surface area contributed by atoms with Gasteiger partial charge < -0.3 is 10.6 Å². The normalized spacial score (nSPS) is 12.7. The van der Waals surface area contributed by atoms with E-state index in [4.69, 9.17) is 0 Å². The zero-order valence-corrected chi connectivity index (χ0v) is 13.9. The lowest BCUT2D eigenvalue weighted by atomic mass is 9.90. The summed E-state index contributed by atoms with van der Waals surface area (Å²) in [6.07, 6.45) is 0.828. The van der Waals surface area contributed by atoms with Gasteiger partial charge in [0.2, 0.25) is 11.8 Å². The maximum absolute atomic E-state index is 12.3. The fraction of sp³-hybridized carbons (Fsp3) is 0.467. The fourth-order valence-electron chi connectivity index (χ4n) is 1.46. The molecule has 20 heavy (non-hydrogen) atoms. The zero-order chi connectivity index (χ0) is 15.3. The van der Waals surface area contributed by atoms with Gasteiger partial charge in [-0.2, -0.15) is 0 Å². The minimum Gasteiger partial charge on any atom is -0.353 e. The summed E-state index contributed by atoms with van der Waals surface area (Å²) in [7, 11) is 0. The van der Waals surface area contributed by atoms with Crippen LogP contribution < -0.4 is 10.6 Å². The molecule has 4 nitrogen and oxygen atoms in total. The molecule has 1 rings (SSSR count). The van der Waals surface area contributed by atoms with Crippen molar-refractivity contribution in [3.8, 4) is 0 Å². The molecule has 0 fully saturated rings. The van der Waals surface area contributed by atoms with Gasteiger partial charge in [-0.1, -0.05) is 28.9 Å². The average Bonchev–Trinajstić information content (AvgIpc) is 2.38. The number of rotatable bonds is 5. The molecule has 0 saturated heterocycles. The Morgan fingerprint density at radius 3 is 2.50 bits per heavy atom. The summed E-state index contributed by atoms with van der Waals surface area (Å²) in [5.41, 5.74) is -0.458. The number of carbonyl (C=O) groups excluding carboxylic acids is 2. The van der Waals surface area contributed by atoms with Gasteiger partial charge in [0.25, 0.3) is 0 Å². The van der Waals surface area contributed by atoms with Crippen LogP contribution >= 0.6 is 15.9 Å². The topological polar surface area (TPSA) is 58.2 Å². The first-order valence-corrected chi connectivity index (χ1v) is 7.44. The van der Waals surface area contributed by atoms with E-state index in [2.05, 4.69) is 26.6 Å². The molecule has 0 aromatic heterocycles. The second-order valence-corrected chi connectivity index (χ2v) is 6.29. The summed E-state index contributed by atoms with van der Waals surface area (Å²) in [5.74, 6) is -0.587. The number of carbonyl (C=O) groups is 2. The van der Waals surface area contributed by atoms with Crippen LogP contribution in [-0.4, -0.2) is 17.9 Å². The lowest BCUT2D eigenvalue weighted by Gasteiger charge is -2.24. The van der Waals surface area contributed by atoms with Crippen molar-refractivity contribution < 1.29 is 9.59 Å². The Bertz CT molecular complexity index is 500. The summed E-state index contributed by atoms with van der Waals surface area (Å²) in [6.45, 7) is 7.15. The van der Waals surface area contributed by atoms with Crippen LogP contribution in [0.15, 0.2) is 28.7 Å². The largest absolute Gasteiger partial charge is 0.353 e. The highest BCUT2D eigenvalue weighted by atomic mass is 79.9. The summed E-state index contributed by atoms with van der Waals surface area (Å²) in [5, 5.41) is 5.60. The Hall–Kier alpha value is -1.36. The Balaban J connectivity index is 2.76. The van der Waals surface area contributed by atoms with E-state index in [0.29, 0.717) is 5.69 Å². The second-order valence-electron chi connectivity index (χ2n) is 5.37. The lowest BCUT2D eigenvalue weighted by molar-refractivity contribution is -0.138. The molecule has 0 aliphatic carbocycles. The molecule has 2 amide bonds. The van der Waals surface area contributed by atoms with E-state index < -0.39 is 5.41 Å². The average molecular weight is 341 g/mol. The molecule has 0 radical (unpaired) electrons. The van der Waals surface area contributed by atoms with Crippen molar-refractivity contribution in [1.29, 1.82) is 0 Å². The molecule has 5 heteroatoms. The van der Waals surface area contributed by atoms with E-state index in [1.165, 1.54) is 0 Å². The standard InChI is InChI=1S/C15H21BrN2O2/c1-5-10(2)17-13(19)15(3,4)14(20)18-12-8-6-7-11(16)9-12/h6-10H,5H2,1-4H3,(H,17,19)(H,18,20). The van der Waals surface area contributed by atoms with Crippen LogP contribution in [0.5, 0.6) is 0 Å². The van der Waals surface area contributed by atoms with E-state index in [1.807, 2.05) is 26.0 Å². The van der Waals surface area contributed by atoms with Crippen molar-refractivity contribution in [2.45, 2.75) is 40.2 Å². The summed E-state index contributed by atoms with van der Waals surface area (Å²) in [4.78, 5) is 24.4. The molecule has 2 N–H and O–H groups in total. The van der Waals surface area contributed by atoms with Crippen molar-refractivity contribution in [1.82, 2.24) is 5.32 Å². The highest BCUT2D eigenvalue weighted by Gasteiger charge is 2.36. The zero-order valence-electron chi connectivity index (χ0n) is 12.3. The molecular weight excluding hydrogens is 320 g/mol. The number of halogens is 1. The highest BCUT2D eigenvalue weighted by Crippen LogP contribution is 2.21. The van der Waals surface area contributed by atoms with Crippen LogP contribution in [0.4, 0.5) is 5.69 Å². The minimum atomic E-state index is -1.12. The van der Waals surface area contributed by atoms with Crippen molar-refractivity contribution in [3.05, 3.63) is 28.7 Å². The van der Waals surface area contributed by atoms with Crippen molar-refractivity contribution in [2.24, 2.45) is 5.41 Å². The first-order valence-electron chi connectivity index (χ1n) is 6.65. The molecule has 0 bridgehead atoms. The van der Waals surface area contributed by atoms with Gasteiger partial charge in [-0.3, -0.25) is 9.59 Å². The molecule has 1 atom stereocenters. The van der Waals surface area contributed by atoms with Gasteiger partial charge in [0, 0.05) is 16.2 Å². The van der Waals surface area contributed by atoms with Gasteiger partial charge in [-0.25, -0.2) is 0 Å². The van der Waals surface area contributed by atoms with Crippen LogP contribution in [0.3, 0.4) is 0 Å². The second kappa shape index (κ2) is 6.88. The van der Waals surface area contributed by atoms with Crippen LogP contribution in [-0.2, 0) is 9.59 Å². The summed E-state index contributed by atoms with van der Waals surface area (Å²) >= 11 is 3.34. The van der Waals surface area contributed by atoms with Crippen LogP contribution in [0.2, 0.25) is 0 Å². The SMILES string of the molecule is CCC(C)NC(=O)C(C)(C)C(=O)Nc1cccc(Br)c1. The number of nitrogens with one attached hydrogen (secondary N) is 2. The van der Waals surface area contributed by atoms with Crippen LogP contribution in [0.25, 0.3) is 0 Å². The lowest BCUT2D eigenvalue weighted by Crippen LogP contribution is -2.47. The van der Waals surface area contributed by atoms with Gasteiger partial charge in [-0.05, 0) is 45.4 Å². The summed E-state index contributed by atoms with van der Waals surface area (Å²) in [6, 6.07) is 7.33. The highest BCUT2D eigenvalue weighted by molar-refractivity contribution is 9.10. The molecule has 0 spiro atoms. The minimum absolute atomic E-state index is 0.0560. The third-order valence-corrected chi connectivity index (χ3v) is 3.70. The number of amides is 2. The maximum atomic E-state index is 12.3. The van der Waals surface area contributed by atoms with Gasteiger partial charge in [-0.15, -0.1) is 0 Å². The molecule has 1 aromatic carbocycles. The van der Waals surface area contributed by atoms with Gasteiger partial charge in [0.1, 0.15) is 5.41 Å². The quantitative estimate of drug-likeness (QED) is 0.807. The number of hydrogen-bond acceptors (Lipinski definition) is 2. The van der Waals surface area contributed by atoms with Gasteiger partial charge in [0.05, 0.1) is 0 Å². The molecular formula is C15H21BrN2O2. The van der Waals surface area contributed by atoms with Crippen molar-refractivity contribution in [3.63, 3.8) is 0 Å². The van der Waals surface area contributed by atoms with Crippen LogP contribution in [0, 0.1) is 5.41 Å². The Morgan fingerprint density at radius 2 is 1.95 bits per heavy atom. The Labute approximate surface area is 128 Å². The third-order valence-electron chi connectivity index (χ3n) is 3.21. The van der Waals surface area contributed by atoms with Crippen LogP contribution in [0.1, 0.15) is 34.1 Å². The number of benzene rings is 1. The smallest absolute Gasteiger partial charge is 0.239 e. The third kappa shape index (κ3) is 4.34. The van der Waals surface area contributed by atoms with Crippen molar-refractivity contribution >= 4 is 33.4 Å². The molecule has 0 heterocycles. The van der Waals surface area contributed by atoms with E-state index in [9.17, 15) is 9.59 Å².